The quantitative estimate of drug-likeness (QED) is 0.367. The van der Waals surface area contributed by atoms with Crippen LogP contribution in [0.4, 0.5) is 11.4 Å². The Morgan fingerprint density at radius 3 is 2.64 bits per heavy atom. The highest BCUT2D eigenvalue weighted by Gasteiger charge is 2.18. The second-order valence-corrected chi connectivity index (χ2v) is 5.99. The van der Waals surface area contributed by atoms with Crippen molar-refractivity contribution in [1.82, 2.24) is 0 Å². The van der Waals surface area contributed by atoms with Crippen molar-refractivity contribution in [2.24, 2.45) is 0 Å². The maximum Gasteiger partial charge on any atom is 0.338 e. The molecular formula is C17H16N2O5S. The summed E-state index contributed by atoms with van der Waals surface area (Å²) in [6, 6.07) is 11.2. The Morgan fingerprint density at radius 1 is 1.24 bits per heavy atom. The minimum absolute atomic E-state index is 0.0212. The zero-order valence-electron chi connectivity index (χ0n) is 13.6. The average molecular weight is 360 g/mol. The number of nitro benzene ring substituents is 1. The molecule has 130 valence electrons. The number of rotatable bonds is 6. The van der Waals surface area contributed by atoms with Gasteiger partial charge in [-0.2, -0.15) is 0 Å². The third-order valence-electron chi connectivity index (χ3n) is 3.25. The summed E-state index contributed by atoms with van der Waals surface area (Å²) in [5.41, 5.74) is 1.43. The molecule has 0 aliphatic carbocycles. The second-order valence-electron chi connectivity index (χ2n) is 5.14. The summed E-state index contributed by atoms with van der Waals surface area (Å²) in [4.78, 5) is 34.7. The molecule has 0 aliphatic heterocycles. The van der Waals surface area contributed by atoms with Crippen LogP contribution in [0.2, 0.25) is 0 Å². The van der Waals surface area contributed by atoms with Crippen molar-refractivity contribution in [2.45, 2.75) is 11.8 Å². The fourth-order valence-corrected chi connectivity index (χ4v) is 2.64. The number of anilines is 1. The molecular weight excluding hydrogens is 344 g/mol. The van der Waals surface area contributed by atoms with Gasteiger partial charge in [0, 0.05) is 11.8 Å². The highest BCUT2D eigenvalue weighted by atomic mass is 32.2. The van der Waals surface area contributed by atoms with Crippen LogP contribution in [0.3, 0.4) is 0 Å². The Kier molecular flexibility index (Phi) is 6.13. The average Bonchev–Trinajstić information content (AvgIpc) is 2.59. The van der Waals surface area contributed by atoms with E-state index in [1.54, 1.807) is 24.5 Å². The maximum absolute atomic E-state index is 12.0. The fourth-order valence-electron chi connectivity index (χ4n) is 2.09. The molecule has 0 fully saturated rings. The summed E-state index contributed by atoms with van der Waals surface area (Å²) in [6.07, 6.45) is 1.70. The number of esters is 1. The Bertz CT molecular complexity index is 822. The van der Waals surface area contributed by atoms with Gasteiger partial charge in [0.15, 0.2) is 6.61 Å². The molecule has 0 radical (unpaired) electrons. The Balaban J connectivity index is 1.99. The molecule has 8 heteroatoms. The molecule has 1 N–H and O–H groups in total. The number of amides is 1. The number of ether oxygens (including phenoxy) is 1. The molecule has 2 rings (SSSR count). The van der Waals surface area contributed by atoms with Crippen molar-refractivity contribution < 1.29 is 19.2 Å². The lowest BCUT2D eigenvalue weighted by atomic mass is 10.2. The molecule has 0 spiro atoms. The zero-order valence-corrected chi connectivity index (χ0v) is 14.5. The van der Waals surface area contributed by atoms with Crippen molar-refractivity contribution in [3.05, 3.63) is 63.7 Å². The van der Waals surface area contributed by atoms with Gasteiger partial charge >= 0.3 is 5.97 Å². The first kappa shape index (κ1) is 18.5. The van der Waals surface area contributed by atoms with Gasteiger partial charge in [-0.1, -0.05) is 12.1 Å². The van der Waals surface area contributed by atoms with Gasteiger partial charge in [0.05, 0.1) is 15.4 Å². The Hall–Kier alpha value is -2.87. The largest absolute Gasteiger partial charge is 0.452 e. The van der Waals surface area contributed by atoms with Gasteiger partial charge in [0.2, 0.25) is 0 Å². The number of nitro groups is 1. The first-order valence-electron chi connectivity index (χ1n) is 7.27. The third-order valence-corrected chi connectivity index (χ3v) is 4.03. The normalized spacial score (nSPS) is 10.2. The topological polar surface area (TPSA) is 98.5 Å². The van der Waals surface area contributed by atoms with E-state index in [9.17, 15) is 19.7 Å². The van der Waals surface area contributed by atoms with Crippen LogP contribution in [0, 0.1) is 17.0 Å². The smallest absolute Gasteiger partial charge is 0.338 e. The van der Waals surface area contributed by atoms with E-state index < -0.39 is 23.4 Å². The molecule has 7 nitrogen and oxygen atoms in total. The number of hydrogen-bond acceptors (Lipinski definition) is 6. The Morgan fingerprint density at radius 2 is 2.00 bits per heavy atom. The van der Waals surface area contributed by atoms with Gasteiger partial charge in [-0.15, -0.1) is 11.8 Å². The van der Waals surface area contributed by atoms with E-state index in [1.165, 1.54) is 23.9 Å². The van der Waals surface area contributed by atoms with Crippen molar-refractivity contribution in [3.63, 3.8) is 0 Å². The second kappa shape index (κ2) is 8.29. The van der Waals surface area contributed by atoms with E-state index in [4.69, 9.17) is 4.74 Å². The molecule has 0 unspecified atom stereocenters. The molecule has 0 saturated heterocycles. The van der Waals surface area contributed by atoms with E-state index >= 15 is 0 Å². The van der Waals surface area contributed by atoms with Crippen molar-refractivity contribution >= 4 is 35.0 Å². The highest BCUT2D eigenvalue weighted by molar-refractivity contribution is 7.98. The summed E-state index contributed by atoms with van der Waals surface area (Å²) in [7, 11) is 0. The lowest BCUT2D eigenvalue weighted by Crippen LogP contribution is -2.21. The SMILES string of the molecule is CSc1ccc(C(=O)OCC(=O)Nc2cccc(C)c2)cc1[N+](=O)[O-]. The van der Waals surface area contributed by atoms with Crippen LogP contribution in [-0.4, -0.2) is 29.7 Å². The van der Waals surface area contributed by atoms with Crippen LogP contribution in [0.5, 0.6) is 0 Å². The van der Waals surface area contributed by atoms with Gasteiger partial charge in [-0.05, 0) is 43.0 Å². The molecule has 0 bridgehead atoms. The molecule has 2 aromatic carbocycles. The molecule has 0 saturated carbocycles. The van der Waals surface area contributed by atoms with Gasteiger partial charge in [-0.3, -0.25) is 14.9 Å². The molecule has 0 atom stereocenters. The highest BCUT2D eigenvalue weighted by Crippen LogP contribution is 2.28. The number of hydrogen-bond donors (Lipinski definition) is 1. The van der Waals surface area contributed by atoms with Gasteiger partial charge in [-0.25, -0.2) is 4.79 Å². The van der Waals surface area contributed by atoms with Gasteiger partial charge in [0.25, 0.3) is 11.6 Å². The Labute approximate surface area is 148 Å². The van der Waals surface area contributed by atoms with Crippen LogP contribution < -0.4 is 5.32 Å². The summed E-state index contributed by atoms with van der Waals surface area (Å²) >= 11 is 1.21. The van der Waals surface area contributed by atoms with E-state index in [0.717, 1.165) is 11.6 Å². The van der Waals surface area contributed by atoms with Crippen LogP contribution >= 0.6 is 11.8 Å². The molecule has 0 aliphatic rings. The number of aryl methyl sites for hydroxylation is 1. The number of nitrogens with zero attached hydrogens (tertiary/aromatic N) is 1. The summed E-state index contributed by atoms with van der Waals surface area (Å²) in [5.74, 6) is -1.29. The lowest BCUT2D eigenvalue weighted by molar-refractivity contribution is -0.387. The monoisotopic (exact) mass is 360 g/mol. The van der Waals surface area contributed by atoms with E-state index in [1.807, 2.05) is 13.0 Å². The van der Waals surface area contributed by atoms with Crippen molar-refractivity contribution in [1.29, 1.82) is 0 Å². The predicted molar refractivity (Wildman–Crippen MR) is 95.0 cm³/mol. The molecule has 1 amide bonds. The van der Waals surface area contributed by atoms with Gasteiger partial charge in [0.1, 0.15) is 0 Å². The molecule has 0 aromatic heterocycles. The maximum atomic E-state index is 12.0. The van der Waals surface area contributed by atoms with Crippen LogP contribution in [0.25, 0.3) is 0 Å². The molecule has 2 aromatic rings. The first-order valence-corrected chi connectivity index (χ1v) is 8.49. The lowest BCUT2D eigenvalue weighted by Gasteiger charge is -2.08. The van der Waals surface area contributed by atoms with Crippen molar-refractivity contribution in [3.8, 4) is 0 Å². The fraction of sp³-hybridized carbons (Fsp3) is 0.176. The number of carbonyl (C=O) groups is 2. The first-order chi connectivity index (χ1) is 11.9. The minimum atomic E-state index is -0.796. The van der Waals surface area contributed by atoms with Crippen molar-refractivity contribution in [2.75, 3.05) is 18.2 Å². The summed E-state index contributed by atoms with van der Waals surface area (Å²) < 4.78 is 4.92. The number of thioether (sulfide) groups is 1. The van der Waals surface area contributed by atoms with Crippen LogP contribution in [-0.2, 0) is 9.53 Å². The van der Waals surface area contributed by atoms with E-state index in [0.29, 0.717) is 10.6 Å². The minimum Gasteiger partial charge on any atom is -0.452 e. The summed E-state index contributed by atoms with van der Waals surface area (Å²) in [6.45, 7) is 1.41. The van der Waals surface area contributed by atoms with Crippen LogP contribution in [0.1, 0.15) is 15.9 Å². The summed E-state index contributed by atoms with van der Waals surface area (Å²) in [5, 5.41) is 13.6. The van der Waals surface area contributed by atoms with Gasteiger partial charge < -0.3 is 10.1 Å². The zero-order chi connectivity index (χ0) is 18.4. The number of carbonyl (C=O) groups excluding carboxylic acids is 2. The van der Waals surface area contributed by atoms with E-state index in [2.05, 4.69) is 5.32 Å². The third kappa shape index (κ3) is 5.05. The van der Waals surface area contributed by atoms with Crippen LogP contribution in [0.15, 0.2) is 47.4 Å². The molecule has 0 heterocycles. The predicted octanol–water partition coefficient (Wildman–Crippen LogP) is 3.42. The number of benzene rings is 2. The molecule has 25 heavy (non-hydrogen) atoms. The standard InChI is InChI=1S/C17H16N2O5S/c1-11-4-3-5-13(8-11)18-16(20)10-24-17(21)12-6-7-15(25-2)14(9-12)19(22)23/h3-9H,10H2,1-2H3,(H,18,20). The number of nitrogens with one attached hydrogen (secondary N) is 1. The van der Waals surface area contributed by atoms with E-state index in [-0.39, 0.29) is 11.3 Å².